The van der Waals surface area contributed by atoms with Gasteiger partial charge in [-0.3, -0.25) is 19.4 Å². The lowest BCUT2D eigenvalue weighted by molar-refractivity contribution is -0.401. The predicted molar refractivity (Wildman–Crippen MR) is 218 cm³/mol. The molecule has 4 aromatic carbocycles. The van der Waals surface area contributed by atoms with Gasteiger partial charge in [0.2, 0.25) is 17.5 Å². The molecule has 1 fully saturated rings. The summed E-state index contributed by atoms with van der Waals surface area (Å²) in [7, 11) is 7.19. The third-order valence-electron chi connectivity index (χ3n) is 12.5. The zero-order chi connectivity index (χ0) is 38.3. The van der Waals surface area contributed by atoms with Gasteiger partial charge in [0.15, 0.2) is 5.71 Å². The average molecular weight is 718 g/mol. The quantitative estimate of drug-likeness (QED) is 0.156. The van der Waals surface area contributed by atoms with Crippen LogP contribution in [-0.4, -0.2) is 66.1 Å². The summed E-state index contributed by atoms with van der Waals surface area (Å²) in [5.41, 5.74) is 9.29. The maximum Gasteiger partial charge on any atom is 0.332 e. The Morgan fingerprint density at radius 2 is 1.26 bits per heavy atom. The van der Waals surface area contributed by atoms with Crippen molar-refractivity contribution < 1.29 is 19.0 Å². The maximum absolute atomic E-state index is 14.1. The number of nitrogens with zero attached hydrogens (tertiary/aromatic N) is 4. The Hall–Kier alpha value is -5.56. The molecule has 0 unspecified atom stereocenters. The van der Waals surface area contributed by atoms with Crippen molar-refractivity contribution in [2.24, 2.45) is 5.92 Å². The highest BCUT2D eigenvalue weighted by atomic mass is 16.2. The summed E-state index contributed by atoms with van der Waals surface area (Å²) in [6, 6.07) is 25.2. The molecule has 274 valence electrons. The first-order valence-electron chi connectivity index (χ1n) is 19.1. The molecule has 0 atom stereocenters. The number of carbonyl (C=O) groups excluding carboxylic acids is 3. The lowest BCUT2D eigenvalue weighted by Crippen LogP contribution is -2.57. The topological polar surface area (TPSA) is 63.9 Å². The van der Waals surface area contributed by atoms with Crippen LogP contribution < -0.4 is 4.90 Å². The second kappa shape index (κ2) is 12.8. The number of likely N-dealkylation sites (N-methyl/N-ethyl adjacent to an activating group) is 1. The molecule has 0 aromatic heterocycles. The first-order chi connectivity index (χ1) is 25.7. The van der Waals surface area contributed by atoms with Crippen LogP contribution in [0.15, 0.2) is 120 Å². The van der Waals surface area contributed by atoms with E-state index < -0.39 is 23.8 Å². The minimum absolute atomic E-state index is 0.295. The summed E-state index contributed by atoms with van der Waals surface area (Å²) >= 11 is 0. The third-order valence-corrected chi connectivity index (χ3v) is 12.5. The molecule has 4 aliphatic rings. The summed E-state index contributed by atoms with van der Waals surface area (Å²) in [6.45, 7) is 9.08. The Kier molecular flexibility index (Phi) is 8.40. The number of hydrogen-bond acceptors (Lipinski definition) is 4. The molecule has 3 heterocycles. The summed E-state index contributed by atoms with van der Waals surface area (Å²) in [5.74, 6) is -2.08. The van der Waals surface area contributed by atoms with Gasteiger partial charge in [-0.15, -0.1) is 0 Å². The molecule has 0 bridgehead atoms. The molecule has 0 spiro atoms. The standard InChI is InChI=1S/C47H49N4O3/c1-46(2)37(48(5)35-25-21-29-15-11-13-19-33(29)41(35)46)27-23-31-17-9-10-18-32(39(31)40-43(52)50(7)45(54)51(8)44(40)53)24-28-38-47(3,4)42-34-20-14-12-16-30(34)22-26-36(42)49(38)6/h11-16,19-28,40H,9-10,17-18H2,1-8H3/q+1. The Balaban J connectivity index is 1.28. The van der Waals surface area contributed by atoms with Crippen molar-refractivity contribution in [3.05, 3.63) is 131 Å². The van der Waals surface area contributed by atoms with Crippen LogP contribution in [0.1, 0.15) is 64.5 Å². The van der Waals surface area contributed by atoms with Crippen LogP contribution in [0.5, 0.6) is 0 Å². The van der Waals surface area contributed by atoms with Crippen molar-refractivity contribution in [2.75, 3.05) is 33.1 Å². The Labute approximate surface area is 318 Å². The van der Waals surface area contributed by atoms with Crippen LogP contribution in [0.4, 0.5) is 16.2 Å². The second-order valence-corrected chi connectivity index (χ2v) is 16.3. The highest BCUT2D eigenvalue weighted by Gasteiger charge is 2.47. The molecule has 7 heteroatoms. The Morgan fingerprint density at radius 1 is 0.667 bits per heavy atom. The SMILES string of the molecule is CN1C(=O)C(C2=C(/C=C/C3=[N+](C)c4ccc5ccccc5c4C3(C)C)CCCC/C2=C\C=C2/N(C)c3ccc4ccccc4c3C2(C)C)C(=O)N(C)C1=O. The van der Waals surface area contributed by atoms with Gasteiger partial charge in [-0.2, -0.15) is 4.58 Å². The van der Waals surface area contributed by atoms with Crippen LogP contribution in [0.25, 0.3) is 21.5 Å². The van der Waals surface area contributed by atoms with Gasteiger partial charge in [0, 0.05) is 55.6 Å². The fourth-order valence-electron chi connectivity index (χ4n) is 9.72. The number of carbonyl (C=O) groups is 3. The lowest BCUT2D eigenvalue weighted by Gasteiger charge is -2.35. The molecule has 7 nitrogen and oxygen atoms in total. The van der Waals surface area contributed by atoms with E-state index in [0.29, 0.717) is 12.8 Å². The highest BCUT2D eigenvalue weighted by Crippen LogP contribution is 2.50. The maximum atomic E-state index is 14.1. The van der Waals surface area contributed by atoms with Crippen LogP contribution in [-0.2, 0) is 20.4 Å². The molecular weight excluding hydrogens is 669 g/mol. The minimum Gasteiger partial charge on any atom is -0.347 e. The van der Waals surface area contributed by atoms with E-state index in [1.54, 1.807) is 0 Å². The Bertz CT molecular complexity index is 2450. The number of barbiturate groups is 1. The fourth-order valence-corrected chi connectivity index (χ4v) is 9.72. The molecule has 4 amide bonds. The van der Waals surface area contributed by atoms with E-state index in [4.69, 9.17) is 0 Å². The van der Waals surface area contributed by atoms with Crippen molar-refractivity contribution in [3.63, 3.8) is 0 Å². The first-order valence-corrected chi connectivity index (χ1v) is 19.1. The lowest BCUT2D eigenvalue weighted by atomic mass is 9.78. The van der Waals surface area contributed by atoms with Crippen molar-refractivity contribution in [1.29, 1.82) is 0 Å². The van der Waals surface area contributed by atoms with Crippen LogP contribution >= 0.6 is 0 Å². The summed E-state index contributed by atoms with van der Waals surface area (Å²) in [4.78, 5) is 45.6. The van der Waals surface area contributed by atoms with Gasteiger partial charge < -0.3 is 4.90 Å². The monoisotopic (exact) mass is 717 g/mol. The summed E-state index contributed by atoms with van der Waals surface area (Å²) in [6.07, 6.45) is 11.9. The van der Waals surface area contributed by atoms with Gasteiger partial charge in [0.05, 0.1) is 5.41 Å². The smallest absolute Gasteiger partial charge is 0.332 e. The first kappa shape index (κ1) is 35.5. The van der Waals surface area contributed by atoms with Gasteiger partial charge in [-0.25, -0.2) is 4.79 Å². The number of imide groups is 2. The van der Waals surface area contributed by atoms with Crippen molar-refractivity contribution in [2.45, 2.75) is 64.2 Å². The van der Waals surface area contributed by atoms with E-state index in [0.717, 1.165) is 50.8 Å². The van der Waals surface area contributed by atoms with Gasteiger partial charge in [0.25, 0.3) is 0 Å². The summed E-state index contributed by atoms with van der Waals surface area (Å²) < 4.78 is 2.27. The van der Waals surface area contributed by atoms with Gasteiger partial charge in [-0.05, 0) is 102 Å². The van der Waals surface area contributed by atoms with Gasteiger partial charge >= 0.3 is 6.03 Å². The van der Waals surface area contributed by atoms with Crippen molar-refractivity contribution >= 4 is 56.5 Å². The molecule has 8 rings (SSSR count). The van der Waals surface area contributed by atoms with E-state index in [1.165, 1.54) is 58.1 Å². The van der Waals surface area contributed by atoms with Crippen LogP contribution in [0, 0.1) is 5.92 Å². The zero-order valence-corrected chi connectivity index (χ0v) is 32.7. The number of urea groups is 1. The summed E-state index contributed by atoms with van der Waals surface area (Å²) in [5, 5.41) is 4.91. The fraction of sp³-hybridized carbons (Fsp3) is 0.319. The molecule has 0 N–H and O–H groups in total. The molecule has 54 heavy (non-hydrogen) atoms. The van der Waals surface area contributed by atoms with Crippen molar-refractivity contribution in [3.8, 4) is 0 Å². The van der Waals surface area contributed by atoms with Gasteiger partial charge in [0.1, 0.15) is 13.0 Å². The normalized spacial score (nSPS) is 21.9. The van der Waals surface area contributed by atoms with Gasteiger partial charge in [-0.1, -0.05) is 80.6 Å². The van der Waals surface area contributed by atoms with Crippen LogP contribution in [0.2, 0.25) is 0 Å². The molecule has 4 aromatic rings. The van der Waals surface area contributed by atoms with E-state index in [2.05, 4.69) is 148 Å². The number of allylic oxidation sites excluding steroid dienone is 7. The number of fused-ring (bicyclic) bond motifs is 6. The number of amides is 4. The number of anilines is 1. The largest absolute Gasteiger partial charge is 0.347 e. The number of hydrogen-bond donors (Lipinski definition) is 0. The van der Waals surface area contributed by atoms with E-state index in [9.17, 15) is 14.4 Å². The molecule has 1 aliphatic carbocycles. The number of rotatable bonds is 4. The predicted octanol–water partition coefficient (Wildman–Crippen LogP) is 9.33. The van der Waals surface area contributed by atoms with Crippen molar-refractivity contribution in [1.82, 2.24) is 9.80 Å². The molecule has 1 saturated heterocycles. The second-order valence-electron chi connectivity index (χ2n) is 16.3. The van der Waals surface area contributed by atoms with E-state index in [-0.39, 0.29) is 10.8 Å². The average Bonchev–Trinajstić information content (AvgIpc) is 3.36. The third kappa shape index (κ3) is 5.23. The number of benzene rings is 4. The Morgan fingerprint density at radius 3 is 1.93 bits per heavy atom. The molecule has 0 saturated carbocycles. The van der Waals surface area contributed by atoms with Crippen LogP contribution in [0.3, 0.4) is 0 Å². The molecule has 3 aliphatic heterocycles. The highest BCUT2D eigenvalue weighted by molar-refractivity contribution is 6.18. The minimum atomic E-state index is -1.11. The van der Waals surface area contributed by atoms with E-state index >= 15 is 0 Å². The molecule has 0 radical (unpaired) electrons. The zero-order valence-electron chi connectivity index (χ0n) is 32.7. The molecular formula is C47H49N4O3+. The van der Waals surface area contributed by atoms with E-state index in [1.807, 2.05) is 0 Å².